The molecule has 2 unspecified atom stereocenters. The molecule has 0 bridgehead atoms. The Morgan fingerprint density at radius 3 is 3.15 bits per heavy atom. The predicted molar refractivity (Wildman–Crippen MR) is 82.0 cm³/mol. The summed E-state index contributed by atoms with van der Waals surface area (Å²) in [5, 5.41) is 3.55. The zero-order valence-electron chi connectivity index (χ0n) is 11.7. The number of hydrogen-bond donors (Lipinski definition) is 1. The minimum absolute atomic E-state index is 0.186. The highest BCUT2D eigenvalue weighted by molar-refractivity contribution is 7.09. The Hall–Kier alpha value is -1.23. The molecule has 1 aliphatic heterocycles. The summed E-state index contributed by atoms with van der Waals surface area (Å²) in [6, 6.07) is 8.97. The van der Waals surface area contributed by atoms with Crippen molar-refractivity contribution in [1.82, 2.24) is 10.3 Å². The Morgan fingerprint density at radius 2 is 2.35 bits per heavy atom. The standard InChI is InChI=1S/C16H20N2OS/c1-2-18-14(16-10-17-11-20-16)9-15-13-6-4-3-5-12(13)7-8-19-15/h3-6,10-11,14-15,18H,2,7-9H2,1H3. The van der Waals surface area contributed by atoms with Crippen LogP contribution >= 0.6 is 11.3 Å². The highest BCUT2D eigenvalue weighted by atomic mass is 32.1. The van der Waals surface area contributed by atoms with E-state index in [2.05, 4.69) is 41.5 Å². The number of nitrogens with zero attached hydrogens (tertiary/aromatic N) is 1. The highest BCUT2D eigenvalue weighted by Crippen LogP contribution is 2.35. The summed E-state index contributed by atoms with van der Waals surface area (Å²) >= 11 is 1.71. The quantitative estimate of drug-likeness (QED) is 0.914. The smallest absolute Gasteiger partial charge is 0.0846 e. The monoisotopic (exact) mass is 288 g/mol. The van der Waals surface area contributed by atoms with Gasteiger partial charge >= 0.3 is 0 Å². The van der Waals surface area contributed by atoms with E-state index in [-0.39, 0.29) is 6.10 Å². The number of hydrogen-bond acceptors (Lipinski definition) is 4. The average molecular weight is 288 g/mol. The predicted octanol–water partition coefficient (Wildman–Crippen LogP) is 3.50. The number of fused-ring (bicyclic) bond motifs is 1. The van der Waals surface area contributed by atoms with Gasteiger partial charge in [-0.25, -0.2) is 0 Å². The van der Waals surface area contributed by atoms with E-state index in [1.54, 1.807) is 11.3 Å². The van der Waals surface area contributed by atoms with Gasteiger partial charge in [-0.2, -0.15) is 0 Å². The number of benzene rings is 1. The Balaban J connectivity index is 1.79. The number of nitrogens with one attached hydrogen (secondary N) is 1. The molecular formula is C16H20N2OS. The molecule has 0 aliphatic carbocycles. The molecule has 0 fully saturated rings. The first kappa shape index (κ1) is 13.7. The Labute approximate surface area is 124 Å². The Kier molecular flexibility index (Phi) is 4.45. The highest BCUT2D eigenvalue weighted by Gasteiger charge is 2.25. The fraction of sp³-hybridized carbons (Fsp3) is 0.438. The normalized spacial score (nSPS) is 19.6. The van der Waals surface area contributed by atoms with Crippen molar-refractivity contribution in [2.24, 2.45) is 0 Å². The van der Waals surface area contributed by atoms with E-state index in [1.807, 2.05) is 11.7 Å². The zero-order chi connectivity index (χ0) is 13.8. The molecule has 2 atom stereocenters. The molecular weight excluding hydrogens is 268 g/mol. The van der Waals surface area contributed by atoms with Crippen LogP contribution in [-0.2, 0) is 11.2 Å². The van der Waals surface area contributed by atoms with Crippen molar-refractivity contribution < 1.29 is 4.74 Å². The van der Waals surface area contributed by atoms with Crippen LogP contribution in [0.2, 0.25) is 0 Å². The lowest BCUT2D eigenvalue weighted by atomic mass is 9.93. The van der Waals surface area contributed by atoms with Crippen LogP contribution in [-0.4, -0.2) is 18.1 Å². The average Bonchev–Trinajstić information content (AvgIpc) is 3.01. The molecule has 1 aliphatic rings. The second-order valence-electron chi connectivity index (χ2n) is 5.06. The fourth-order valence-electron chi connectivity index (χ4n) is 2.83. The van der Waals surface area contributed by atoms with Crippen LogP contribution in [0.25, 0.3) is 0 Å². The lowest BCUT2D eigenvalue weighted by Gasteiger charge is -2.29. The molecule has 0 saturated carbocycles. The third-order valence-corrected chi connectivity index (χ3v) is 4.68. The summed E-state index contributed by atoms with van der Waals surface area (Å²) in [6.45, 7) is 3.92. The van der Waals surface area contributed by atoms with E-state index in [0.29, 0.717) is 6.04 Å². The molecule has 1 aromatic carbocycles. The zero-order valence-corrected chi connectivity index (χ0v) is 12.5. The number of thiazole rings is 1. The van der Waals surface area contributed by atoms with Gasteiger partial charge in [0.05, 0.1) is 18.2 Å². The molecule has 1 aromatic heterocycles. The van der Waals surface area contributed by atoms with Crippen molar-refractivity contribution >= 4 is 11.3 Å². The summed E-state index contributed by atoms with van der Waals surface area (Å²) in [5.41, 5.74) is 4.68. The van der Waals surface area contributed by atoms with Crippen LogP contribution < -0.4 is 5.32 Å². The number of rotatable bonds is 5. The van der Waals surface area contributed by atoms with Gasteiger partial charge in [-0.3, -0.25) is 4.98 Å². The van der Waals surface area contributed by atoms with Crippen molar-refractivity contribution in [3.8, 4) is 0 Å². The maximum atomic E-state index is 6.02. The van der Waals surface area contributed by atoms with Gasteiger partial charge in [0.25, 0.3) is 0 Å². The van der Waals surface area contributed by atoms with Crippen LogP contribution in [0.1, 0.15) is 41.5 Å². The van der Waals surface area contributed by atoms with Crippen molar-refractivity contribution in [1.29, 1.82) is 0 Å². The largest absolute Gasteiger partial charge is 0.373 e. The van der Waals surface area contributed by atoms with Gasteiger partial charge in [0.15, 0.2) is 0 Å². The van der Waals surface area contributed by atoms with Crippen LogP contribution in [0.4, 0.5) is 0 Å². The summed E-state index contributed by atoms with van der Waals surface area (Å²) < 4.78 is 6.02. The van der Waals surface area contributed by atoms with E-state index in [0.717, 1.165) is 26.0 Å². The molecule has 2 heterocycles. The van der Waals surface area contributed by atoms with Crippen molar-refractivity contribution in [2.45, 2.75) is 31.9 Å². The number of ether oxygens (including phenoxy) is 1. The van der Waals surface area contributed by atoms with Gasteiger partial charge in [-0.1, -0.05) is 31.2 Å². The van der Waals surface area contributed by atoms with Gasteiger partial charge in [0, 0.05) is 17.1 Å². The van der Waals surface area contributed by atoms with Gasteiger partial charge in [0.2, 0.25) is 0 Å². The summed E-state index contributed by atoms with van der Waals surface area (Å²) in [5.74, 6) is 0. The van der Waals surface area contributed by atoms with E-state index in [9.17, 15) is 0 Å². The van der Waals surface area contributed by atoms with Gasteiger partial charge in [-0.15, -0.1) is 11.3 Å². The minimum atomic E-state index is 0.186. The maximum absolute atomic E-state index is 6.02. The molecule has 0 spiro atoms. The first-order chi connectivity index (χ1) is 9.88. The molecule has 106 valence electrons. The summed E-state index contributed by atoms with van der Waals surface area (Å²) in [7, 11) is 0. The molecule has 3 rings (SSSR count). The second kappa shape index (κ2) is 6.48. The first-order valence-electron chi connectivity index (χ1n) is 7.19. The van der Waals surface area contributed by atoms with Crippen LogP contribution in [0.3, 0.4) is 0 Å². The molecule has 0 amide bonds. The van der Waals surface area contributed by atoms with Crippen LogP contribution in [0.5, 0.6) is 0 Å². The first-order valence-corrected chi connectivity index (χ1v) is 8.07. The summed E-state index contributed by atoms with van der Waals surface area (Å²) in [6.07, 6.45) is 4.14. The molecule has 3 nitrogen and oxygen atoms in total. The van der Waals surface area contributed by atoms with E-state index in [4.69, 9.17) is 4.74 Å². The third kappa shape index (κ3) is 2.92. The third-order valence-electron chi connectivity index (χ3n) is 3.79. The van der Waals surface area contributed by atoms with Crippen molar-refractivity contribution in [2.75, 3.05) is 13.2 Å². The lowest BCUT2D eigenvalue weighted by Crippen LogP contribution is -2.25. The Morgan fingerprint density at radius 1 is 1.45 bits per heavy atom. The van der Waals surface area contributed by atoms with E-state index < -0.39 is 0 Å². The minimum Gasteiger partial charge on any atom is -0.373 e. The van der Waals surface area contributed by atoms with Crippen molar-refractivity contribution in [3.63, 3.8) is 0 Å². The molecule has 2 aromatic rings. The molecule has 0 saturated heterocycles. The Bertz CT molecular complexity index is 541. The van der Waals surface area contributed by atoms with Gasteiger partial charge < -0.3 is 10.1 Å². The van der Waals surface area contributed by atoms with Crippen LogP contribution in [0, 0.1) is 0 Å². The topological polar surface area (TPSA) is 34.1 Å². The second-order valence-corrected chi connectivity index (χ2v) is 5.98. The van der Waals surface area contributed by atoms with E-state index in [1.165, 1.54) is 16.0 Å². The SMILES string of the molecule is CCNC(CC1OCCc2ccccc21)c1cncs1. The molecule has 4 heteroatoms. The molecule has 20 heavy (non-hydrogen) atoms. The van der Waals surface area contributed by atoms with Gasteiger partial charge in [-0.05, 0) is 30.5 Å². The maximum Gasteiger partial charge on any atom is 0.0846 e. The molecule has 0 radical (unpaired) electrons. The van der Waals surface area contributed by atoms with Crippen molar-refractivity contribution in [3.05, 3.63) is 52.0 Å². The molecule has 1 N–H and O–H groups in total. The van der Waals surface area contributed by atoms with E-state index >= 15 is 0 Å². The van der Waals surface area contributed by atoms with Crippen LogP contribution in [0.15, 0.2) is 36.0 Å². The number of aromatic nitrogens is 1. The lowest BCUT2D eigenvalue weighted by molar-refractivity contribution is 0.0296. The summed E-state index contributed by atoms with van der Waals surface area (Å²) in [4.78, 5) is 5.49. The fourth-order valence-corrected chi connectivity index (χ4v) is 3.54. The van der Waals surface area contributed by atoms with Gasteiger partial charge in [0.1, 0.15) is 0 Å².